The lowest BCUT2D eigenvalue weighted by molar-refractivity contribution is 1.29. The van der Waals surface area contributed by atoms with Crippen LogP contribution < -0.4 is 0 Å². The smallest absolute Gasteiger partial charge is 0.0670 e. The summed E-state index contributed by atoms with van der Waals surface area (Å²) in [5.74, 6) is 0. The molecule has 0 radical (unpaired) electrons. The van der Waals surface area contributed by atoms with Crippen molar-refractivity contribution in [1.29, 1.82) is 5.26 Å². The lowest BCUT2D eigenvalue weighted by Gasteiger charge is -2.03. The summed E-state index contributed by atoms with van der Waals surface area (Å²) in [7, 11) is 0. The van der Waals surface area contributed by atoms with Gasteiger partial charge in [0.1, 0.15) is 0 Å². The van der Waals surface area contributed by atoms with Crippen LogP contribution in [0.5, 0.6) is 0 Å². The van der Waals surface area contributed by atoms with Crippen molar-refractivity contribution in [1.82, 2.24) is 0 Å². The van der Waals surface area contributed by atoms with Crippen molar-refractivity contribution in [2.75, 3.05) is 0 Å². The molecule has 0 saturated heterocycles. The maximum absolute atomic E-state index is 8.69. The predicted molar refractivity (Wildman–Crippen MR) is 60.9 cm³/mol. The van der Waals surface area contributed by atoms with Crippen molar-refractivity contribution < 1.29 is 0 Å². The van der Waals surface area contributed by atoms with Crippen molar-refractivity contribution in [3.05, 3.63) is 33.7 Å². The monoisotopic (exact) mass is 221 g/mol. The van der Waals surface area contributed by atoms with Gasteiger partial charge in [-0.15, -0.1) is 11.3 Å². The van der Waals surface area contributed by atoms with Gasteiger partial charge in [0.15, 0.2) is 0 Å². The number of halogens is 1. The standard InChI is InChI=1S/C11H8ClNS/c1-7-9-3-5-14-11(9)8(2-4-13)6-10(7)12/h3,5-6H,2H2,1H3. The average molecular weight is 222 g/mol. The first-order valence-corrected chi connectivity index (χ1v) is 5.52. The fourth-order valence-corrected chi connectivity index (χ4v) is 2.73. The van der Waals surface area contributed by atoms with Gasteiger partial charge in [0.25, 0.3) is 0 Å². The zero-order valence-corrected chi connectivity index (χ0v) is 9.25. The van der Waals surface area contributed by atoms with E-state index in [1.807, 2.05) is 18.4 Å². The van der Waals surface area contributed by atoms with Gasteiger partial charge in [0.05, 0.1) is 12.5 Å². The van der Waals surface area contributed by atoms with Crippen LogP contribution in [-0.4, -0.2) is 0 Å². The van der Waals surface area contributed by atoms with Crippen LogP contribution in [0.2, 0.25) is 5.02 Å². The second kappa shape index (κ2) is 3.61. The quantitative estimate of drug-likeness (QED) is 0.716. The first kappa shape index (κ1) is 9.51. The summed E-state index contributed by atoms with van der Waals surface area (Å²) in [5.41, 5.74) is 2.14. The van der Waals surface area contributed by atoms with Gasteiger partial charge in [-0.2, -0.15) is 5.26 Å². The minimum atomic E-state index is 0.428. The van der Waals surface area contributed by atoms with Crippen LogP contribution in [-0.2, 0) is 6.42 Å². The molecule has 0 atom stereocenters. The van der Waals surface area contributed by atoms with Gasteiger partial charge < -0.3 is 0 Å². The van der Waals surface area contributed by atoms with Gasteiger partial charge in [-0.3, -0.25) is 0 Å². The van der Waals surface area contributed by atoms with E-state index in [-0.39, 0.29) is 0 Å². The van der Waals surface area contributed by atoms with E-state index in [9.17, 15) is 0 Å². The number of thiophene rings is 1. The van der Waals surface area contributed by atoms with E-state index >= 15 is 0 Å². The molecule has 0 fully saturated rings. The van der Waals surface area contributed by atoms with Crippen molar-refractivity contribution >= 4 is 33.0 Å². The second-order valence-corrected chi connectivity index (χ2v) is 4.46. The Kier molecular flexibility index (Phi) is 2.45. The Morgan fingerprint density at radius 2 is 2.36 bits per heavy atom. The molecule has 70 valence electrons. The average Bonchev–Trinajstić information content (AvgIpc) is 2.63. The highest BCUT2D eigenvalue weighted by Gasteiger charge is 2.08. The minimum Gasteiger partial charge on any atom is -0.198 e. The molecule has 2 rings (SSSR count). The summed E-state index contributed by atoms with van der Waals surface area (Å²) in [5, 5.41) is 12.6. The molecular formula is C11H8ClNS. The second-order valence-electron chi connectivity index (χ2n) is 3.14. The molecule has 1 nitrogen and oxygen atoms in total. The van der Waals surface area contributed by atoms with E-state index in [1.165, 1.54) is 10.1 Å². The van der Waals surface area contributed by atoms with Crippen LogP contribution in [0.15, 0.2) is 17.5 Å². The highest BCUT2D eigenvalue weighted by atomic mass is 35.5. The normalized spacial score (nSPS) is 10.4. The first-order chi connectivity index (χ1) is 6.74. The van der Waals surface area contributed by atoms with E-state index in [0.717, 1.165) is 16.1 Å². The van der Waals surface area contributed by atoms with Gasteiger partial charge in [-0.05, 0) is 40.9 Å². The molecule has 0 bridgehead atoms. The largest absolute Gasteiger partial charge is 0.198 e. The number of fused-ring (bicyclic) bond motifs is 1. The molecular weight excluding hydrogens is 214 g/mol. The Balaban J connectivity index is 2.79. The Morgan fingerprint density at radius 1 is 1.57 bits per heavy atom. The summed E-state index contributed by atoms with van der Waals surface area (Å²) in [6.07, 6.45) is 0.428. The molecule has 1 heterocycles. The molecule has 1 aromatic carbocycles. The number of nitriles is 1. The number of nitrogens with zero attached hydrogens (tertiary/aromatic N) is 1. The van der Waals surface area contributed by atoms with Crippen molar-refractivity contribution in [3.63, 3.8) is 0 Å². The van der Waals surface area contributed by atoms with Crippen LogP contribution in [0, 0.1) is 18.3 Å². The summed E-state index contributed by atoms with van der Waals surface area (Å²) in [4.78, 5) is 0. The number of benzene rings is 1. The Hall–Kier alpha value is -1.04. The highest BCUT2D eigenvalue weighted by molar-refractivity contribution is 7.17. The summed E-state index contributed by atoms with van der Waals surface area (Å²) >= 11 is 7.75. The van der Waals surface area contributed by atoms with Gasteiger partial charge in [0.2, 0.25) is 0 Å². The van der Waals surface area contributed by atoms with E-state index in [1.54, 1.807) is 11.3 Å². The van der Waals surface area contributed by atoms with Gasteiger partial charge in [0, 0.05) is 9.72 Å². The molecule has 0 unspecified atom stereocenters. The molecule has 14 heavy (non-hydrogen) atoms. The number of hydrogen-bond donors (Lipinski definition) is 0. The predicted octanol–water partition coefficient (Wildman–Crippen LogP) is 3.93. The third kappa shape index (κ3) is 1.39. The van der Waals surface area contributed by atoms with Crippen LogP contribution in [0.4, 0.5) is 0 Å². The van der Waals surface area contributed by atoms with Crippen LogP contribution in [0.1, 0.15) is 11.1 Å². The summed E-state index contributed by atoms with van der Waals surface area (Å²) < 4.78 is 1.19. The zero-order valence-electron chi connectivity index (χ0n) is 7.67. The van der Waals surface area contributed by atoms with Gasteiger partial charge in [-0.1, -0.05) is 11.6 Å². The number of hydrogen-bond acceptors (Lipinski definition) is 2. The molecule has 0 saturated carbocycles. The minimum absolute atomic E-state index is 0.428. The zero-order chi connectivity index (χ0) is 10.1. The SMILES string of the molecule is Cc1c(Cl)cc(CC#N)c2sccc12. The van der Waals surface area contributed by atoms with E-state index in [4.69, 9.17) is 16.9 Å². The van der Waals surface area contributed by atoms with E-state index in [2.05, 4.69) is 12.1 Å². The molecule has 1 aromatic heterocycles. The van der Waals surface area contributed by atoms with Crippen molar-refractivity contribution in [2.24, 2.45) is 0 Å². The third-order valence-corrected chi connectivity index (χ3v) is 3.67. The van der Waals surface area contributed by atoms with E-state index in [0.29, 0.717) is 6.42 Å². The lowest BCUT2D eigenvalue weighted by atomic mass is 10.1. The Bertz CT molecular complexity index is 522. The maximum atomic E-state index is 8.69. The van der Waals surface area contributed by atoms with Crippen molar-refractivity contribution in [2.45, 2.75) is 13.3 Å². The maximum Gasteiger partial charge on any atom is 0.0670 e. The fraction of sp³-hybridized carbons (Fsp3) is 0.182. The van der Waals surface area contributed by atoms with Gasteiger partial charge in [-0.25, -0.2) is 0 Å². The summed E-state index contributed by atoms with van der Waals surface area (Å²) in [6, 6.07) is 6.12. The molecule has 0 aliphatic heterocycles. The van der Waals surface area contributed by atoms with Crippen LogP contribution in [0.25, 0.3) is 10.1 Å². The number of rotatable bonds is 1. The third-order valence-electron chi connectivity index (χ3n) is 2.29. The van der Waals surface area contributed by atoms with Crippen molar-refractivity contribution in [3.8, 4) is 6.07 Å². The lowest BCUT2D eigenvalue weighted by Crippen LogP contribution is -1.85. The molecule has 0 N–H and O–H groups in total. The number of aryl methyl sites for hydroxylation is 1. The topological polar surface area (TPSA) is 23.8 Å². The molecule has 0 aliphatic rings. The summed E-state index contributed by atoms with van der Waals surface area (Å²) in [6.45, 7) is 2.01. The molecule has 0 aliphatic carbocycles. The Morgan fingerprint density at radius 3 is 3.07 bits per heavy atom. The fourth-order valence-electron chi connectivity index (χ4n) is 1.53. The molecule has 3 heteroatoms. The van der Waals surface area contributed by atoms with Gasteiger partial charge >= 0.3 is 0 Å². The molecule has 0 amide bonds. The van der Waals surface area contributed by atoms with Crippen LogP contribution in [0.3, 0.4) is 0 Å². The molecule has 0 spiro atoms. The highest BCUT2D eigenvalue weighted by Crippen LogP contribution is 2.32. The first-order valence-electron chi connectivity index (χ1n) is 4.26. The Labute approximate surface area is 91.5 Å². The molecule has 2 aromatic rings. The van der Waals surface area contributed by atoms with Crippen LogP contribution >= 0.6 is 22.9 Å². The van der Waals surface area contributed by atoms with E-state index < -0.39 is 0 Å².